The van der Waals surface area contributed by atoms with Crippen LogP contribution in [-0.2, 0) is 17.9 Å². The molecular weight excluding hydrogens is 322 g/mol. The smallest absolute Gasteiger partial charge is 0.174 e. The summed E-state index contributed by atoms with van der Waals surface area (Å²) < 4.78 is 18.3. The van der Waals surface area contributed by atoms with E-state index in [0.29, 0.717) is 31.1 Å². The van der Waals surface area contributed by atoms with Crippen LogP contribution in [0, 0.1) is 0 Å². The molecule has 0 aliphatic rings. The molecule has 2 N–H and O–H groups in total. The number of benzene rings is 1. The van der Waals surface area contributed by atoms with Gasteiger partial charge in [-0.05, 0) is 19.1 Å². The third-order valence-corrected chi connectivity index (χ3v) is 3.93. The van der Waals surface area contributed by atoms with Gasteiger partial charge in [0.25, 0.3) is 0 Å². The molecule has 2 aromatic heterocycles. The van der Waals surface area contributed by atoms with Crippen molar-refractivity contribution >= 4 is 16.9 Å². The topological polar surface area (TPSA) is 97.3 Å². The van der Waals surface area contributed by atoms with Gasteiger partial charge in [0.1, 0.15) is 29.4 Å². The minimum Gasteiger partial charge on any atom is -0.497 e. The molecule has 0 unspecified atom stereocenters. The van der Waals surface area contributed by atoms with Crippen molar-refractivity contribution in [3.8, 4) is 11.5 Å². The molecule has 1 aromatic carbocycles. The highest BCUT2D eigenvalue weighted by Gasteiger charge is 2.16. The number of nitrogens with zero attached hydrogens (tertiary/aromatic N) is 4. The Morgan fingerprint density at radius 3 is 2.76 bits per heavy atom. The minimum absolute atomic E-state index is 0.302. The molecule has 0 saturated carbocycles. The summed E-state index contributed by atoms with van der Waals surface area (Å²) in [6, 6.07) is 5.71. The van der Waals surface area contributed by atoms with E-state index in [1.807, 2.05) is 29.7 Å². The molecule has 8 heteroatoms. The number of rotatable bonds is 7. The summed E-state index contributed by atoms with van der Waals surface area (Å²) in [6.07, 6.45) is 1.66. The maximum atomic E-state index is 5.92. The van der Waals surface area contributed by atoms with Crippen LogP contribution in [0.1, 0.15) is 18.3 Å². The SMILES string of the molecule is CCOCc1nc2c(N)nncc2n1Cc1ccc(OC)cc1OC. The van der Waals surface area contributed by atoms with Crippen LogP contribution in [0.25, 0.3) is 11.0 Å². The molecule has 8 nitrogen and oxygen atoms in total. The van der Waals surface area contributed by atoms with E-state index in [2.05, 4.69) is 15.2 Å². The molecule has 0 spiro atoms. The quantitative estimate of drug-likeness (QED) is 0.701. The monoisotopic (exact) mass is 343 g/mol. The second-order valence-corrected chi connectivity index (χ2v) is 5.39. The number of nitrogen functional groups attached to an aromatic ring is 1. The van der Waals surface area contributed by atoms with Gasteiger partial charge in [-0.2, -0.15) is 5.10 Å². The minimum atomic E-state index is 0.302. The van der Waals surface area contributed by atoms with Gasteiger partial charge in [-0.15, -0.1) is 5.10 Å². The fraction of sp³-hybridized carbons (Fsp3) is 0.353. The van der Waals surface area contributed by atoms with Crippen molar-refractivity contribution in [1.82, 2.24) is 19.7 Å². The van der Waals surface area contributed by atoms with Gasteiger partial charge < -0.3 is 24.5 Å². The van der Waals surface area contributed by atoms with Crippen LogP contribution in [-0.4, -0.2) is 40.6 Å². The van der Waals surface area contributed by atoms with Crippen molar-refractivity contribution in [1.29, 1.82) is 0 Å². The molecular formula is C17H21N5O3. The first-order valence-corrected chi connectivity index (χ1v) is 7.92. The summed E-state index contributed by atoms with van der Waals surface area (Å²) in [4.78, 5) is 4.58. The fourth-order valence-corrected chi connectivity index (χ4v) is 2.66. The lowest BCUT2D eigenvalue weighted by molar-refractivity contribution is 0.126. The molecule has 2 heterocycles. The summed E-state index contributed by atoms with van der Waals surface area (Å²) in [6.45, 7) is 3.46. The second-order valence-electron chi connectivity index (χ2n) is 5.39. The Hall–Kier alpha value is -2.87. The maximum absolute atomic E-state index is 5.92. The standard InChI is InChI=1S/C17H21N5O3/c1-4-25-10-15-20-16-13(8-19-21-17(16)18)22(15)9-11-5-6-12(23-2)7-14(11)24-3/h5-8H,4,9-10H2,1-3H3,(H2,18,21). The normalized spacial score (nSPS) is 11.0. The summed E-state index contributed by atoms with van der Waals surface area (Å²) in [5, 5.41) is 7.83. The Kier molecular flexibility index (Phi) is 4.99. The average Bonchev–Trinajstić information content (AvgIpc) is 2.99. The predicted molar refractivity (Wildman–Crippen MR) is 93.7 cm³/mol. The summed E-state index contributed by atoms with van der Waals surface area (Å²) in [5.74, 6) is 2.53. The van der Waals surface area contributed by atoms with Crippen molar-refractivity contribution in [3.63, 3.8) is 0 Å². The van der Waals surface area contributed by atoms with Gasteiger partial charge in [0.15, 0.2) is 5.82 Å². The van der Waals surface area contributed by atoms with E-state index in [-0.39, 0.29) is 0 Å². The molecule has 0 amide bonds. The Balaban J connectivity index is 2.07. The van der Waals surface area contributed by atoms with E-state index in [9.17, 15) is 0 Å². The second kappa shape index (κ2) is 7.35. The van der Waals surface area contributed by atoms with Gasteiger partial charge in [0, 0.05) is 18.2 Å². The van der Waals surface area contributed by atoms with Crippen molar-refractivity contribution in [3.05, 3.63) is 35.8 Å². The van der Waals surface area contributed by atoms with E-state index in [0.717, 1.165) is 28.4 Å². The van der Waals surface area contributed by atoms with E-state index < -0.39 is 0 Å². The third kappa shape index (κ3) is 3.34. The number of imidazole rings is 1. The van der Waals surface area contributed by atoms with E-state index in [1.165, 1.54) is 0 Å². The van der Waals surface area contributed by atoms with Crippen molar-refractivity contribution in [2.24, 2.45) is 0 Å². The first-order chi connectivity index (χ1) is 12.2. The Morgan fingerprint density at radius 2 is 2.04 bits per heavy atom. The molecule has 0 saturated heterocycles. The molecule has 0 aliphatic carbocycles. The lowest BCUT2D eigenvalue weighted by Gasteiger charge is -2.13. The highest BCUT2D eigenvalue weighted by molar-refractivity contribution is 5.84. The average molecular weight is 343 g/mol. The Bertz CT molecular complexity index is 878. The number of nitrogens with two attached hydrogens (primary N) is 1. The first-order valence-electron chi connectivity index (χ1n) is 7.92. The van der Waals surface area contributed by atoms with Crippen molar-refractivity contribution < 1.29 is 14.2 Å². The lowest BCUT2D eigenvalue weighted by Crippen LogP contribution is -2.08. The van der Waals surface area contributed by atoms with Crippen LogP contribution in [0.2, 0.25) is 0 Å². The molecule has 0 radical (unpaired) electrons. The highest BCUT2D eigenvalue weighted by atomic mass is 16.5. The number of anilines is 1. The number of fused-ring (bicyclic) bond motifs is 1. The largest absolute Gasteiger partial charge is 0.497 e. The van der Waals surface area contributed by atoms with Gasteiger partial charge in [-0.3, -0.25) is 0 Å². The van der Waals surface area contributed by atoms with Gasteiger partial charge in [0.05, 0.1) is 32.5 Å². The zero-order valence-corrected chi connectivity index (χ0v) is 14.5. The molecule has 3 rings (SSSR count). The number of methoxy groups -OCH3 is 2. The van der Waals surface area contributed by atoms with E-state index in [4.69, 9.17) is 19.9 Å². The van der Waals surface area contributed by atoms with Crippen LogP contribution >= 0.6 is 0 Å². The Labute approximate surface area is 145 Å². The van der Waals surface area contributed by atoms with Crippen LogP contribution < -0.4 is 15.2 Å². The molecule has 25 heavy (non-hydrogen) atoms. The van der Waals surface area contributed by atoms with Crippen LogP contribution in [0.4, 0.5) is 5.82 Å². The molecule has 0 aliphatic heterocycles. The fourth-order valence-electron chi connectivity index (χ4n) is 2.66. The summed E-state index contributed by atoms with van der Waals surface area (Å²) in [5.41, 5.74) is 8.33. The van der Waals surface area contributed by atoms with Crippen LogP contribution in [0.3, 0.4) is 0 Å². The molecule has 0 fully saturated rings. The zero-order valence-electron chi connectivity index (χ0n) is 14.5. The van der Waals surface area contributed by atoms with Gasteiger partial charge in [-0.1, -0.05) is 0 Å². The summed E-state index contributed by atoms with van der Waals surface area (Å²) in [7, 11) is 3.26. The van der Waals surface area contributed by atoms with Crippen LogP contribution in [0.15, 0.2) is 24.4 Å². The maximum Gasteiger partial charge on any atom is 0.174 e. The van der Waals surface area contributed by atoms with Crippen molar-refractivity contribution in [2.75, 3.05) is 26.6 Å². The third-order valence-electron chi connectivity index (χ3n) is 3.93. The lowest BCUT2D eigenvalue weighted by atomic mass is 10.2. The van der Waals surface area contributed by atoms with Gasteiger partial charge in [-0.25, -0.2) is 4.98 Å². The highest BCUT2D eigenvalue weighted by Crippen LogP contribution is 2.28. The van der Waals surface area contributed by atoms with E-state index in [1.54, 1.807) is 20.4 Å². The molecule has 0 bridgehead atoms. The molecule has 3 aromatic rings. The summed E-state index contributed by atoms with van der Waals surface area (Å²) >= 11 is 0. The van der Waals surface area contributed by atoms with Crippen molar-refractivity contribution in [2.45, 2.75) is 20.1 Å². The predicted octanol–water partition coefficient (Wildman–Crippen LogP) is 2.01. The zero-order chi connectivity index (χ0) is 17.8. The van der Waals surface area contributed by atoms with Gasteiger partial charge >= 0.3 is 0 Å². The van der Waals surface area contributed by atoms with Crippen LogP contribution in [0.5, 0.6) is 11.5 Å². The first kappa shape index (κ1) is 17.0. The number of hydrogen-bond acceptors (Lipinski definition) is 7. The van der Waals surface area contributed by atoms with Gasteiger partial charge in [0.2, 0.25) is 0 Å². The Morgan fingerprint density at radius 1 is 1.20 bits per heavy atom. The molecule has 0 atom stereocenters. The number of hydrogen-bond donors (Lipinski definition) is 1. The van der Waals surface area contributed by atoms with E-state index >= 15 is 0 Å². The number of aromatic nitrogens is 4. The molecule has 132 valence electrons. The number of ether oxygens (including phenoxy) is 3.